The SMILES string of the molecule is CC(C)=c1cccc/c1=C(\N)C1=C(N)C[C@]2(C)c3c(nc4ccccc4c3N)C[C@]12C. The fourth-order valence-electron chi connectivity index (χ4n) is 6.07. The number of nitrogens with zero attached hydrogens (tertiary/aromatic N) is 1. The molecule has 158 valence electrons. The highest BCUT2D eigenvalue weighted by molar-refractivity contribution is 5.93. The summed E-state index contributed by atoms with van der Waals surface area (Å²) in [7, 11) is 0. The number of hydrogen-bond donors (Lipinski definition) is 3. The number of benzene rings is 2. The lowest BCUT2D eigenvalue weighted by atomic mass is 9.64. The van der Waals surface area contributed by atoms with Gasteiger partial charge < -0.3 is 17.2 Å². The Balaban J connectivity index is 1.79. The number of fused-ring (bicyclic) bond motifs is 4. The van der Waals surface area contributed by atoms with Gasteiger partial charge in [0.05, 0.1) is 5.52 Å². The van der Waals surface area contributed by atoms with Crippen molar-refractivity contribution >= 4 is 27.9 Å². The molecule has 6 N–H and O–H groups in total. The Bertz CT molecular complexity index is 1410. The van der Waals surface area contributed by atoms with Gasteiger partial charge in [0.2, 0.25) is 0 Å². The van der Waals surface area contributed by atoms with Crippen molar-refractivity contribution in [3.8, 4) is 0 Å². The summed E-state index contributed by atoms with van der Waals surface area (Å²) in [6.07, 6.45) is 1.51. The first-order valence-corrected chi connectivity index (χ1v) is 10.9. The average molecular weight is 411 g/mol. The molecule has 0 spiro atoms. The third-order valence-corrected chi connectivity index (χ3v) is 7.74. The van der Waals surface area contributed by atoms with E-state index < -0.39 is 0 Å². The van der Waals surface area contributed by atoms with Crippen LogP contribution in [0.4, 0.5) is 5.69 Å². The molecule has 3 aromatic rings. The molecule has 0 aliphatic heterocycles. The van der Waals surface area contributed by atoms with Gasteiger partial charge >= 0.3 is 0 Å². The van der Waals surface area contributed by atoms with Crippen LogP contribution in [-0.2, 0) is 11.8 Å². The Morgan fingerprint density at radius 3 is 2.23 bits per heavy atom. The number of nitrogens with two attached hydrogens (primary N) is 3. The summed E-state index contributed by atoms with van der Waals surface area (Å²) < 4.78 is 0. The van der Waals surface area contributed by atoms with Gasteiger partial charge in [0.15, 0.2) is 0 Å². The molecule has 2 aromatic carbocycles. The zero-order valence-electron chi connectivity index (χ0n) is 18.7. The van der Waals surface area contributed by atoms with Crippen molar-refractivity contribution in [2.24, 2.45) is 16.9 Å². The van der Waals surface area contributed by atoms with Gasteiger partial charge in [-0.1, -0.05) is 61.9 Å². The van der Waals surface area contributed by atoms with Crippen LogP contribution in [0.25, 0.3) is 22.2 Å². The summed E-state index contributed by atoms with van der Waals surface area (Å²) in [6.45, 7) is 8.80. The number of para-hydroxylation sites is 1. The Morgan fingerprint density at radius 1 is 0.871 bits per heavy atom. The van der Waals surface area contributed by atoms with Crippen LogP contribution in [0.1, 0.15) is 45.4 Å². The second-order valence-corrected chi connectivity index (χ2v) is 9.74. The number of hydrogen-bond acceptors (Lipinski definition) is 4. The van der Waals surface area contributed by atoms with Crippen molar-refractivity contribution in [1.82, 2.24) is 4.98 Å². The summed E-state index contributed by atoms with van der Waals surface area (Å²) in [5.41, 5.74) is 27.8. The van der Waals surface area contributed by atoms with Gasteiger partial charge in [-0.05, 0) is 31.6 Å². The number of nitrogen functional groups attached to an aromatic ring is 1. The minimum Gasteiger partial charge on any atom is -0.402 e. The smallest absolute Gasteiger partial charge is 0.0726 e. The largest absolute Gasteiger partial charge is 0.402 e. The van der Waals surface area contributed by atoms with Gasteiger partial charge in [0.25, 0.3) is 0 Å². The highest BCUT2D eigenvalue weighted by Crippen LogP contribution is 2.64. The van der Waals surface area contributed by atoms with Crippen LogP contribution >= 0.6 is 0 Å². The second kappa shape index (κ2) is 6.36. The van der Waals surface area contributed by atoms with Crippen LogP contribution < -0.4 is 27.6 Å². The highest BCUT2D eigenvalue weighted by atomic mass is 14.8. The van der Waals surface area contributed by atoms with Crippen molar-refractivity contribution < 1.29 is 0 Å². The molecule has 0 bridgehead atoms. The Morgan fingerprint density at radius 2 is 1.52 bits per heavy atom. The van der Waals surface area contributed by atoms with Crippen LogP contribution in [0.5, 0.6) is 0 Å². The molecule has 0 unspecified atom stereocenters. The van der Waals surface area contributed by atoms with Crippen LogP contribution in [0.3, 0.4) is 0 Å². The van der Waals surface area contributed by atoms with Crippen LogP contribution in [0.2, 0.25) is 0 Å². The Kier molecular flexibility index (Phi) is 4.04. The maximum absolute atomic E-state index is 6.92. The molecular weight excluding hydrogens is 380 g/mol. The van der Waals surface area contributed by atoms with Crippen LogP contribution in [0.15, 0.2) is 59.8 Å². The molecule has 4 nitrogen and oxygen atoms in total. The molecule has 2 aliphatic carbocycles. The maximum atomic E-state index is 6.92. The molecule has 0 saturated carbocycles. The molecule has 1 heterocycles. The molecule has 0 fully saturated rings. The summed E-state index contributed by atoms with van der Waals surface area (Å²) >= 11 is 0. The molecule has 0 radical (unpaired) electrons. The van der Waals surface area contributed by atoms with Crippen LogP contribution in [-0.4, -0.2) is 4.98 Å². The monoisotopic (exact) mass is 410 g/mol. The molecule has 0 saturated heterocycles. The van der Waals surface area contributed by atoms with Gasteiger partial charge in [0, 0.05) is 61.8 Å². The van der Waals surface area contributed by atoms with E-state index >= 15 is 0 Å². The lowest BCUT2D eigenvalue weighted by Crippen LogP contribution is -2.39. The molecule has 0 amide bonds. The molecule has 2 aliphatic rings. The van der Waals surface area contributed by atoms with Crippen LogP contribution in [0, 0.1) is 5.41 Å². The van der Waals surface area contributed by atoms with E-state index in [0.717, 1.165) is 68.1 Å². The van der Waals surface area contributed by atoms with Gasteiger partial charge in [-0.15, -0.1) is 0 Å². The van der Waals surface area contributed by atoms with E-state index in [9.17, 15) is 0 Å². The van der Waals surface area contributed by atoms with Crippen molar-refractivity contribution in [2.75, 3.05) is 5.73 Å². The number of pyridine rings is 1. The molecule has 2 atom stereocenters. The summed E-state index contributed by atoms with van der Waals surface area (Å²) in [5.74, 6) is 0. The van der Waals surface area contributed by atoms with Gasteiger partial charge in [-0.25, -0.2) is 0 Å². The van der Waals surface area contributed by atoms with Gasteiger partial charge in [-0.2, -0.15) is 0 Å². The fourth-order valence-corrected chi connectivity index (χ4v) is 6.07. The predicted octanol–water partition coefficient (Wildman–Crippen LogP) is 3.21. The minimum atomic E-state index is -0.267. The third-order valence-electron chi connectivity index (χ3n) is 7.74. The number of anilines is 1. The second-order valence-electron chi connectivity index (χ2n) is 9.74. The standard InChI is InChI=1S/C27H30N4/c1-15(2)16-9-5-6-10-17(16)24(29)22-19(28)13-26(3)23-21(14-27(22,26)4)31-20-12-8-7-11-18(20)25(23)30/h5-12H,13-14,28-29H2,1-4H3,(H2,30,31)/b24-17+/t26-,27-/m1/s1. The van der Waals surface area contributed by atoms with E-state index in [2.05, 4.69) is 52.0 Å². The van der Waals surface area contributed by atoms with Gasteiger partial charge in [-0.3, -0.25) is 4.98 Å². The van der Waals surface area contributed by atoms with E-state index in [1.165, 1.54) is 5.57 Å². The van der Waals surface area contributed by atoms with Crippen molar-refractivity contribution in [3.63, 3.8) is 0 Å². The van der Waals surface area contributed by atoms with E-state index in [0.29, 0.717) is 0 Å². The van der Waals surface area contributed by atoms with E-state index in [1.54, 1.807) is 0 Å². The molecule has 31 heavy (non-hydrogen) atoms. The zero-order valence-corrected chi connectivity index (χ0v) is 18.7. The Hall–Kier alpha value is -3.27. The lowest BCUT2D eigenvalue weighted by Gasteiger charge is -2.38. The topological polar surface area (TPSA) is 91.0 Å². The third kappa shape index (κ3) is 2.45. The Labute approximate surface area is 183 Å². The van der Waals surface area contributed by atoms with Crippen molar-refractivity contribution in [3.05, 3.63) is 81.5 Å². The minimum absolute atomic E-state index is 0.243. The summed E-state index contributed by atoms with van der Waals surface area (Å²) in [5, 5.41) is 3.22. The quantitative estimate of drug-likeness (QED) is 0.574. The summed E-state index contributed by atoms with van der Waals surface area (Å²) in [6, 6.07) is 16.4. The molecule has 4 heteroatoms. The highest BCUT2D eigenvalue weighted by Gasteiger charge is 2.60. The number of rotatable bonds is 1. The first-order valence-electron chi connectivity index (χ1n) is 10.9. The average Bonchev–Trinajstić information content (AvgIpc) is 3.06. The lowest BCUT2D eigenvalue weighted by molar-refractivity contribution is 0.260. The van der Waals surface area contributed by atoms with E-state index in [1.807, 2.05) is 24.3 Å². The first-order chi connectivity index (χ1) is 14.7. The van der Waals surface area contributed by atoms with E-state index in [-0.39, 0.29) is 10.8 Å². The van der Waals surface area contributed by atoms with Crippen molar-refractivity contribution in [2.45, 2.75) is 46.0 Å². The van der Waals surface area contributed by atoms with Crippen molar-refractivity contribution in [1.29, 1.82) is 0 Å². The molecular formula is C27H30N4. The maximum Gasteiger partial charge on any atom is 0.0726 e. The zero-order chi connectivity index (χ0) is 22.1. The van der Waals surface area contributed by atoms with Gasteiger partial charge in [0.1, 0.15) is 0 Å². The normalized spacial score (nSPS) is 25.5. The first kappa shape index (κ1) is 19.7. The predicted molar refractivity (Wildman–Crippen MR) is 129 cm³/mol. The number of allylic oxidation sites excluding steroid dienone is 1. The molecule has 1 aromatic heterocycles. The summed E-state index contributed by atoms with van der Waals surface area (Å²) in [4.78, 5) is 5.03. The fraction of sp³-hybridized carbons (Fsp3) is 0.296. The number of aromatic nitrogens is 1. The molecule has 5 rings (SSSR count). The van der Waals surface area contributed by atoms with E-state index in [4.69, 9.17) is 22.2 Å².